The van der Waals surface area contributed by atoms with Gasteiger partial charge in [0.25, 0.3) is 5.91 Å². The van der Waals surface area contributed by atoms with Gasteiger partial charge in [0.05, 0.1) is 12.2 Å². The van der Waals surface area contributed by atoms with E-state index >= 15 is 0 Å². The van der Waals surface area contributed by atoms with E-state index < -0.39 is 11.6 Å². The van der Waals surface area contributed by atoms with Crippen molar-refractivity contribution in [1.82, 2.24) is 14.7 Å². The van der Waals surface area contributed by atoms with Crippen molar-refractivity contribution in [2.45, 2.75) is 13.1 Å². The number of amides is 1. The minimum atomic E-state index is -0.669. The summed E-state index contributed by atoms with van der Waals surface area (Å²) in [6, 6.07) is 14.6. The Morgan fingerprint density at radius 1 is 0.960 bits per heavy atom. The Morgan fingerprint density at radius 2 is 1.68 bits per heavy atom. The number of hydrogen-bond acceptors (Lipinski definition) is 2. The Labute approximate surface area is 143 Å². The van der Waals surface area contributed by atoms with Crippen LogP contribution >= 0.6 is 0 Å². The Hall–Kier alpha value is -3.02. The molecule has 0 spiro atoms. The van der Waals surface area contributed by atoms with Crippen molar-refractivity contribution in [1.29, 1.82) is 0 Å². The van der Waals surface area contributed by atoms with Crippen molar-refractivity contribution < 1.29 is 13.6 Å². The minimum absolute atomic E-state index is 0.134. The maximum absolute atomic E-state index is 13.4. The number of halogens is 2. The summed E-state index contributed by atoms with van der Waals surface area (Å²) in [6.07, 6.45) is 0. The molecule has 2 aromatic carbocycles. The molecule has 0 radical (unpaired) electrons. The van der Waals surface area contributed by atoms with E-state index in [0.717, 1.165) is 11.6 Å². The maximum Gasteiger partial charge on any atom is 0.272 e. The van der Waals surface area contributed by atoms with Crippen LogP contribution in [0.5, 0.6) is 0 Å². The van der Waals surface area contributed by atoms with Crippen LogP contribution in [0, 0.1) is 11.6 Å². The molecule has 1 aliphatic heterocycles. The molecule has 1 amide bonds. The molecule has 0 bridgehead atoms. The number of benzene rings is 2. The fourth-order valence-electron chi connectivity index (χ4n) is 3.04. The third kappa shape index (κ3) is 3.03. The van der Waals surface area contributed by atoms with E-state index in [-0.39, 0.29) is 5.91 Å². The van der Waals surface area contributed by atoms with Crippen LogP contribution in [-0.4, -0.2) is 27.1 Å². The first-order chi connectivity index (χ1) is 12.1. The van der Waals surface area contributed by atoms with E-state index in [2.05, 4.69) is 5.10 Å². The molecular formula is C19H15F2N3O. The van der Waals surface area contributed by atoms with Gasteiger partial charge in [0.2, 0.25) is 0 Å². The molecule has 6 heteroatoms. The first-order valence-corrected chi connectivity index (χ1v) is 7.98. The largest absolute Gasteiger partial charge is 0.331 e. The van der Waals surface area contributed by atoms with Crippen LogP contribution in [0.1, 0.15) is 16.1 Å². The van der Waals surface area contributed by atoms with Gasteiger partial charge < -0.3 is 4.90 Å². The second-order valence-electron chi connectivity index (χ2n) is 6.01. The molecule has 0 unspecified atom stereocenters. The van der Waals surface area contributed by atoms with Gasteiger partial charge in [-0.1, -0.05) is 30.3 Å². The molecule has 0 atom stereocenters. The lowest BCUT2D eigenvalue weighted by Gasteiger charge is -2.27. The summed E-state index contributed by atoms with van der Waals surface area (Å²) in [6.45, 7) is 1.61. The second-order valence-corrected chi connectivity index (χ2v) is 6.01. The molecule has 4 rings (SSSR count). The molecular weight excluding hydrogens is 324 g/mol. The lowest BCUT2D eigenvalue weighted by Crippen LogP contribution is -2.39. The first-order valence-electron chi connectivity index (χ1n) is 7.98. The molecule has 1 aliphatic rings. The van der Waals surface area contributed by atoms with Crippen LogP contribution in [0.3, 0.4) is 0 Å². The van der Waals surface area contributed by atoms with Crippen molar-refractivity contribution in [2.24, 2.45) is 0 Å². The molecule has 0 saturated carbocycles. The average molecular weight is 339 g/mol. The van der Waals surface area contributed by atoms with Gasteiger partial charge in [-0.3, -0.25) is 9.48 Å². The van der Waals surface area contributed by atoms with Crippen molar-refractivity contribution in [2.75, 3.05) is 6.54 Å². The van der Waals surface area contributed by atoms with Gasteiger partial charge in [0.15, 0.2) is 0 Å². The quantitative estimate of drug-likeness (QED) is 0.733. The van der Waals surface area contributed by atoms with E-state index in [4.69, 9.17) is 0 Å². The standard InChI is InChI=1S/C19H15F2N3O/c20-15-8-14(9-16(21)10-15)17-11-18-19(25)23(6-7-24(18)22-17)12-13-4-2-1-3-5-13/h1-5,8-11H,6-7,12H2. The zero-order chi connectivity index (χ0) is 17.4. The highest BCUT2D eigenvalue weighted by Crippen LogP contribution is 2.24. The number of aromatic nitrogens is 2. The van der Waals surface area contributed by atoms with Crippen LogP contribution < -0.4 is 0 Å². The van der Waals surface area contributed by atoms with Crippen LogP contribution in [0.4, 0.5) is 8.78 Å². The lowest BCUT2D eigenvalue weighted by atomic mass is 10.1. The SMILES string of the molecule is O=C1c2cc(-c3cc(F)cc(F)c3)nn2CCN1Cc1ccccc1. The summed E-state index contributed by atoms with van der Waals surface area (Å²) in [5, 5.41) is 4.33. The summed E-state index contributed by atoms with van der Waals surface area (Å²) in [7, 11) is 0. The molecule has 126 valence electrons. The predicted molar refractivity (Wildman–Crippen MR) is 88.8 cm³/mol. The first kappa shape index (κ1) is 15.5. The van der Waals surface area contributed by atoms with Gasteiger partial charge in [0, 0.05) is 24.7 Å². The molecule has 3 aromatic rings. The number of nitrogens with zero attached hydrogens (tertiary/aromatic N) is 3. The smallest absolute Gasteiger partial charge is 0.272 e. The normalized spacial score (nSPS) is 13.8. The fraction of sp³-hybridized carbons (Fsp3) is 0.158. The molecule has 25 heavy (non-hydrogen) atoms. The topological polar surface area (TPSA) is 38.1 Å². The molecule has 4 nitrogen and oxygen atoms in total. The lowest BCUT2D eigenvalue weighted by molar-refractivity contribution is 0.0683. The fourth-order valence-corrected chi connectivity index (χ4v) is 3.04. The molecule has 0 saturated heterocycles. The van der Waals surface area contributed by atoms with Gasteiger partial charge in [-0.15, -0.1) is 0 Å². The summed E-state index contributed by atoms with van der Waals surface area (Å²) in [5.74, 6) is -1.47. The van der Waals surface area contributed by atoms with E-state index in [1.54, 1.807) is 15.6 Å². The Bertz CT molecular complexity index is 917. The van der Waals surface area contributed by atoms with Crippen LogP contribution in [0.15, 0.2) is 54.6 Å². The number of hydrogen-bond donors (Lipinski definition) is 0. The second kappa shape index (κ2) is 6.12. The van der Waals surface area contributed by atoms with Crippen molar-refractivity contribution in [3.63, 3.8) is 0 Å². The summed E-state index contributed by atoms with van der Waals surface area (Å²) in [5.41, 5.74) is 2.20. The molecule has 2 heterocycles. The predicted octanol–water partition coefficient (Wildman–Crippen LogP) is 3.48. The third-order valence-electron chi connectivity index (χ3n) is 4.24. The van der Waals surface area contributed by atoms with Crippen molar-refractivity contribution in [3.05, 3.63) is 77.5 Å². The van der Waals surface area contributed by atoms with Crippen molar-refractivity contribution >= 4 is 5.91 Å². The zero-order valence-corrected chi connectivity index (χ0v) is 13.3. The third-order valence-corrected chi connectivity index (χ3v) is 4.24. The van der Waals surface area contributed by atoms with E-state index in [9.17, 15) is 13.6 Å². The van der Waals surface area contributed by atoms with E-state index in [0.29, 0.717) is 36.6 Å². The van der Waals surface area contributed by atoms with Gasteiger partial charge in [0.1, 0.15) is 17.3 Å². The van der Waals surface area contributed by atoms with Crippen LogP contribution in [0.25, 0.3) is 11.3 Å². The average Bonchev–Trinajstić information content (AvgIpc) is 3.03. The number of rotatable bonds is 3. The summed E-state index contributed by atoms with van der Waals surface area (Å²) < 4.78 is 28.5. The molecule has 0 fully saturated rings. The highest BCUT2D eigenvalue weighted by atomic mass is 19.1. The Morgan fingerprint density at radius 3 is 2.40 bits per heavy atom. The Balaban J connectivity index is 1.62. The summed E-state index contributed by atoms with van der Waals surface area (Å²) in [4.78, 5) is 14.5. The highest BCUT2D eigenvalue weighted by Gasteiger charge is 2.26. The number of carbonyl (C=O) groups excluding carboxylic acids is 1. The Kier molecular flexibility index (Phi) is 3.80. The van der Waals surface area contributed by atoms with Gasteiger partial charge in [-0.2, -0.15) is 5.10 Å². The van der Waals surface area contributed by atoms with Gasteiger partial charge in [-0.25, -0.2) is 8.78 Å². The van der Waals surface area contributed by atoms with E-state index in [1.807, 2.05) is 30.3 Å². The minimum Gasteiger partial charge on any atom is -0.331 e. The maximum atomic E-state index is 13.4. The van der Waals surface area contributed by atoms with Crippen LogP contribution in [0.2, 0.25) is 0 Å². The molecule has 0 aliphatic carbocycles. The monoisotopic (exact) mass is 339 g/mol. The highest BCUT2D eigenvalue weighted by molar-refractivity contribution is 5.94. The molecule has 1 aromatic heterocycles. The summed E-state index contributed by atoms with van der Waals surface area (Å²) >= 11 is 0. The van der Waals surface area contributed by atoms with Gasteiger partial charge >= 0.3 is 0 Å². The number of carbonyl (C=O) groups is 1. The van der Waals surface area contributed by atoms with Crippen molar-refractivity contribution in [3.8, 4) is 11.3 Å². The van der Waals surface area contributed by atoms with E-state index in [1.165, 1.54) is 12.1 Å². The van der Waals surface area contributed by atoms with Crippen LogP contribution in [-0.2, 0) is 13.1 Å². The zero-order valence-electron chi connectivity index (χ0n) is 13.3. The van der Waals surface area contributed by atoms with Gasteiger partial charge in [-0.05, 0) is 23.8 Å². The molecule has 0 N–H and O–H groups in total. The number of fused-ring (bicyclic) bond motifs is 1.